The van der Waals surface area contributed by atoms with Crippen LogP contribution >= 0.6 is 15.9 Å². The number of hydrogen-bond donors (Lipinski definition) is 0. The van der Waals surface area contributed by atoms with E-state index in [1.54, 1.807) is 0 Å². The summed E-state index contributed by atoms with van der Waals surface area (Å²) in [5, 5.41) is 0.0275. The molecule has 0 spiro atoms. The average Bonchev–Trinajstić information content (AvgIpc) is 3.51. The van der Waals surface area contributed by atoms with Gasteiger partial charge in [-0.15, -0.1) is 0 Å². The number of Topliss-reactive ketones (excluding diaryl/α,β-unsaturated/α-hetero) is 2. The third-order valence-electron chi connectivity index (χ3n) is 4.31. The molecule has 0 aliphatic heterocycles. The number of methoxy groups -OCH3 is 2. The molecule has 2 rings (SSSR count). The fraction of sp³-hybridized carbons (Fsp3) is 0.789. The third-order valence-corrected chi connectivity index (χ3v) is 4.82. The highest BCUT2D eigenvalue weighted by Gasteiger charge is 2.40. The minimum Gasteiger partial charge on any atom is -1.00 e. The Morgan fingerprint density at radius 1 is 0.931 bits per heavy atom. The van der Waals surface area contributed by atoms with Gasteiger partial charge in [0.1, 0.15) is 6.54 Å². The summed E-state index contributed by atoms with van der Waals surface area (Å²) in [7, 11) is 10.6. The first-order chi connectivity index (χ1) is 12.5. The quantitative estimate of drug-likeness (QED) is 0.165. The van der Waals surface area contributed by atoms with Crippen molar-refractivity contribution in [3.05, 3.63) is 0 Å². The van der Waals surface area contributed by atoms with E-state index in [0.29, 0.717) is 10.5 Å². The first-order valence-electron chi connectivity index (χ1n) is 8.77. The van der Waals surface area contributed by atoms with E-state index >= 15 is 0 Å². The average molecular weight is 548 g/mol. The van der Waals surface area contributed by atoms with Crippen molar-refractivity contribution >= 4 is 39.4 Å². The minimum absolute atomic E-state index is 0. The minimum atomic E-state index is -0.804. The molecule has 172 valence electrons. The maximum Gasteiger partial charge on any atom is 0.380 e. The first-order valence-corrected chi connectivity index (χ1v) is 9.89. The molecule has 0 saturated heterocycles. The van der Waals surface area contributed by atoms with Gasteiger partial charge in [-0.05, 0) is 26.9 Å². The van der Waals surface area contributed by atoms with E-state index in [9.17, 15) is 19.2 Å². The van der Waals surface area contributed by atoms with Crippen molar-refractivity contribution in [3.8, 4) is 0 Å². The zero-order valence-electron chi connectivity index (χ0n) is 17.5. The molecular formula is C19H36Br2N2O6. The Labute approximate surface area is 193 Å². The Balaban J connectivity index is -0.000000366. The van der Waals surface area contributed by atoms with E-state index < -0.39 is 23.5 Å². The SMILES string of the molecule is C.CN(C)C1CC1.COC(=O)C(=O)CBr.COC(=O)C(=O)C[N+](C)(C)C1CC1.[Br-]. The van der Waals surface area contributed by atoms with Gasteiger partial charge >= 0.3 is 11.9 Å². The summed E-state index contributed by atoms with van der Waals surface area (Å²) in [4.78, 5) is 44.7. The van der Waals surface area contributed by atoms with Gasteiger partial charge in [0.25, 0.3) is 5.78 Å². The number of halogens is 2. The van der Waals surface area contributed by atoms with Crippen molar-refractivity contribution in [2.75, 3.05) is 54.3 Å². The van der Waals surface area contributed by atoms with Crippen LogP contribution in [0.2, 0.25) is 0 Å². The van der Waals surface area contributed by atoms with Gasteiger partial charge in [0.05, 0.1) is 39.7 Å². The summed E-state index contributed by atoms with van der Waals surface area (Å²) in [5.41, 5.74) is 0. The second-order valence-electron chi connectivity index (χ2n) is 7.33. The monoisotopic (exact) mass is 546 g/mol. The summed E-state index contributed by atoms with van der Waals surface area (Å²) in [6.07, 6.45) is 5.16. The molecule has 29 heavy (non-hydrogen) atoms. The molecule has 10 heteroatoms. The third kappa shape index (κ3) is 14.7. The number of likely N-dealkylation sites (N-methyl/N-ethyl adjacent to an activating group) is 1. The van der Waals surface area contributed by atoms with E-state index in [0.717, 1.165) is 18.9 Å². The second kappa shape index (κ2) is 15.9. The number of ether oxygens (including phenoxy) is 2. The Bertz CT molecular complexity index is 519. The van der Waals surface area contributed by atoms with Gasteiger partial charge < -0.3 is 35.8 Å². The molecule has 0 unspecified atom stereocenters. The zero-order chi connectivity index (χ0) is 21.2. The highest BCUT2D eigenvalue weighted by Crippen LogP contribution is 2.30. The number of rotatable bonds is 7. The molecule has 2 fully saturated rings. The summed E-state index contributed by atoms with van der Waals surface area (Å²) in [6, 6.07) is 1.48. The van der Waals surface area contributed by atoms with Gasteiger partial charge in [-0.3, -0.25) is 9.59 Å². The molecule has 2 aliphatic rings. The Hall–Kier alpha value is -0.840. The topological polar surface area (TPSA) is 90.0 Å². The van der Waals surface area contributed by atoms with Crippen molar-refractivity contribution in [2.45, 2.75) is 45.2 Å². The lowest BCUT2D eigenvalue weighted by Crippen LogP contribution is -3.00. The molecule has 0 bridgehead atoms. The number of hydrogen-bond acceptors (Lipinski definition) is 7. The van der Waals surface area contributed by atoms with Gasteiger partial charge in [0.2, 0.25) is 5.78 Å². The number of carbonyl (C=O) groups excluding carboxylic acids is 4. The smallest absolute Gasteiger partial charge is 0.380 e. The number of ketones is 2. The molecule has 0 amide bonds. The largest absolute Gasteiger partial charge is 1.00 e. The van der Waals surface area contributed by atoms with Crippen molar-refractivity contribution in [2.24, 2.45) is 0 Å². The lowest BCUT2D eigenvalue weighted by molar-refractivity contribution is -0.893. The first kappa shape index (κ1) is 32.8. The van der Waals surface area contributed by atoms with Gasteiger partial charge in [-0.2, -0.15) is 0 Å². The lowest BCUT2D eigenvalue weighted by atomic mass is 10.3. The summed E-state index contributed by atoms with van der Waals surface area (Å²) in [6.45, 7) is 0.247. The highest BCUT2D eigenvalue weighted by molar-refractivity contribution is 9.09. The van der Waals surface area contributed by atoms with Crippen LogP contribution in [0.4, 0.5) is 0 Å². The molecule has 0 heterocycles. The number of carbonyl (C=O) groups is 4. The Kier molecular flexibility index (Phi) is 18.0. The summed E-state index contributed by atoms with van der Waals surface area (Å²) >= 11 is 2.81. The Morgan fingerprint density at radius 3 is 1.55 bits per heavy atom. The number of alkyl halides is 1. The van der Waals surface area contributed by atoms with Crippen LogP contribution in [0, 0.1) is 0 Å². The van der Waals surface area contributed by atoms with E-state index in [-0.39, 0.29) is 36.3 Å². The van der Waals surface area contributed by atoms with Gasteiger partial charge in [0.15, 0.2) is 0 Å². The number of quaternary nitrogens is 1. The van der Waals surface area contributed by atoms with Crippen LogP contribution in [0.3, 0.4) is 0 Å². The molecule has 0 atom stereocenters. The van der Waals surface area contributed by atoms with Gasteiger partial charge in [-0.1, -0.05) is 23.4 Å². The maximum atomic E-state index is 11.2. The zero-order valence-corrected chi connectivity index (χ0v) is 20.7. The highest BCUT2D eigenvalue weighted by atomic mass is 79.9. The molecule has 0 radical (unpaired) electrons. The Morgan fingerprint density at radius 2 is 1.34 bits per heavy atom. The summed E-state index contributed by atoms with van der Waals surface area (Å²) < 4.78 is 9.05. The van der Waals surface area contributed by atoms with Gasteiger partial charge in [-0.25, -0.2) is 9.59 Å². The van der Waals surface area contributed by atoms with Crippen LogP contribution < -0.4 is 17.0 Å². The van der Waals surface area contributed by atoms with Crippen molar-refractivity contribution in [1.82, 2.24) is 4.90 Å². The van der Waals surface area contributed by atoms with Crippen LogP contribution in [-0.4, -0.2) is 99.3 Å². The van der Waals surface area contributed by atoms with Gasteiger partial charge in [0, 0.05) is 18.9 Å². The van der Waals surface area contributed by atoms with Crippen molar-refractivity contribution < 1.29 is 50.1 Å². The van der Waals surface area contributed by atoms with E-state index in [1.807, 2.05) is 14.1 Å². The standard InChI is InChI=1S/C9H16NO3.C5H11N.C4H5BrO3.CH4.BrH/c1-10(2,7-4-5-7)6-8(11)9(12)13-3;1-6(2)5-3-4-5;1-8-4(7)3(6)2-5;;/h7H,4-6H2,1-3H3;5H,3-4H2,1-2H3;2H2,1H3;1H4;1H/q+1;;;;/p-1. The van der Waals surface area contributed by atoms with E-state index in [2.05, 4.69) is 44.4 Å². The summed E-state index contributed by atoms with van der Waals surface area (Å²) in [5.74, 6) is -2.53. The fourth-order valence-electron chi connectivity index (χ4n) is 2.21. The molecule has 0 aromatic heterocycles. The molecular weight excluding hydrogens is 512 g/mol. The fourth-order valence-corrected chi connectivity index (χ4v) is 2.44. The number of nitrogens with zero attached hydrogens (tertiary/aromatic N) is 2. The second-order valence-corrected chi connectivity index (χ2v) is 7.89. The van der Waals surface area contributed by atoms with E-state index in [4.69, 9.17) is 0 Å². The molecule has 0 aromatic carbocycles. The lowest BCUT2D eigenvalue weighted by Gasteiger charge is -2.28. The van der Waals surface area contributed by atoms with Crippen LogP contribution in [0.1, 0.15) is 33.1 Å². The maximum absolute atomic E-state index is 11.2. The van der Waals surface area contributed by atoms with Crippen LogP contribution in [-0.2, 0) is 28.7 Å². The molecule has 8 nitrogen and oxygen atoms in total. The number of esters is 2. The van der Waals surface area contributed by atoms with Crippen LogP contribution in [0.5, 0.6) is 0 Å². The predicted molar refractivity (Wildman–Crippen MR) is 111 cm³/mol. The molecule has 0 N–H and O–H groups in total. The van der Waals surface area contributed by atoms with E-state index in [1.165, 1.54) is 27.1 Å². The normalized spacial score (nSPS) is 14.5. The van der Waals surface area contributed by atoms with Crippen LogP contribution in [0.15, 0.2) is 0 Å². The molecule has 2 saturated carbocycles. The van der Waals surface area contributed by atoms with Crippen molar-refractivity contribution in [1.29, 1.82) is 0 Å². The van der Waals surface area contributed by atoms with Crippen molar-refractivity contribution in [3.63, 3.8) is 0 Å². The molecule has 0 aromatic rings. The predicted octanol–water partition coefficient (Wildman–Crippen LogP) is -1.56. The molecule has 2 aliphatic carbocycles. The van der Waals surface area contributed by atoms with Crippen LogP contribution in [0.25, 0.3) is 0 Å².